The van der Waals surface area contributed by atoms with Gasteiger partial charge in [-0.2, -0.15) is 0 Å². The summed E-state index contributed by atoms with van der Waals surface area (Å²) in [7, 11) is 1.40. The highest BCUT2D eigenvalue weighted by atomic mass is 16.5. The minimum Gasteiger partial charge on any atom is -0.469 e. The summed E-state index contributed by atoms with van der Waals surface area (Å²) in [4.78, 5) is 24.7. The first kappa shape index (κ1) is 12.6. The van der Waals surface area contributed by atoms with E-state index in [0.717, 1.165) is 0 Å². The maximum absolute atomic E-state index is 11.6. The fraction of sp³-hybridized carbons (Fsp3) is 0.667. The molecule has 4 nitrogen and oxygen atoms in total. The minimum absolute atomic E-state index is 0.0540. The molecule has 0 aromatic heterocycles. The maximum Gasteiger partial charge on any atom is 0.308 e. The van der Waals surface area contributed by atoms with Gasteiger partial charge < -0.3 is 9.64 Å². The van der Waals surface area contributed by atoms with Crippen LogP contribution in [0.25, 0.3) is 0 Å². The Morgan fingerprint density at radius 1 is 1.44 bits per heavy atom. The van der Waals surface area contributed by atoms with Gasteiger partial charge in [-0.3, -0.25) is 9.59 Å². The molecule has 1 aliphatic rings. The first-order valence-electron chi connectivity index (χ1n) is 5.48. The predicted molar refractivity (Wildman–Crippen MR) is 59.4 cm³/mol. The van der Waals surface area contributed by atoms with Crippen LogP contribution >= 0.6 is 0 Å². The number of rotatable bonds is 3. The van der Waals surface area contributed by atoms with E-state index >= 15 is 0 Å². The summed E-state index contributed by atoms with van der Waals surface area (Å²) in [6.07, 6.45) is 7.37. The van der Waals surface area contributed by atoms with Gasteiger partial charge in [-0.1, -0.05) is 0 Å². The molecule has 16 heavy (non-hydrogen) atoms. The Labute approximate surface area is 95.9 Å². The normalized spacial score (nSPS) is 16.6. The third kappa shape index (κ3) is 3.27. The van der Waals surface area contributed by atoms with Gasteiger partial charge in [0.1, 0.15) is 0 Å². The molecular formula is C12H17NO3. The molecule has 1 fully saturated rings. The first-order chi connectivity index (χ1) is 7.69. The zero-order valence-electron chi connectivity index (χ0n) is 9.57. The van der Waals surface area contributed by atoms with E-state index in [0.29, 0.717) is 38.8 Å². The number of terminal acetylenes is 1. The van der Waals surface area contributed by atoms with Crippen molar-refractivity contribution in [1.82, 2.24) is 4.90 Å². The quantitative estimate of drug-likeness (QED) is 0.525. The van der Waals surface area contributed by atoms with Gasteiger partial charge in [-0.05, 0) is 12.8 Å². The predicted octanol–water partition coefficient (Wildman–Crippen LogP) is 0.811. The molecule has 0 radical (unpaired) electrons. The van der Waals surface area contributed by atoms with Crippen molar-refractivity contribution in [3.05, 3.63) is 0 Å². The molecule has 0 aliphatic carbocycles. The van der Waals surface area contributed by atoms with Crippen LogP contribution in [0.1, 0.15) is 25.7 Å². The molecule has 0 spiro atoms. The molecule has 0 atom stereocenters. The molecule has 0 saturated carbocycles. The monoisotopic (exact) mass is 223 g/mol. The number of carbonyl (C=O) groups is 2. The van der Waals surface area contributed by atoms with E-state index in [4.69, 9.17) is 6.42 Å². The highest BCUT2D eigenvalue weighted by Gasteiger charge is 2.27. The van der Waals surface area contributed by atoms with E-state index in [2.05, 4.69) is 10.7 Å². The van der Waals surface area contributed by atoms with Crippen molar-refractivity contribution in [2.75, 3.05) is 20.2 Å². The van der Waals surface area contributed by atoms with Gasteiger partial charge in [-0.25, -0.2) is 0 Å². The minimum atomic E-state index is -0.171. The van der Waals surface area contributed by atoms with Gasteiger partial charge in [0.05, 0.1) is 13.0 Å². The lowest BCUT2D eigenvalue weighted by Crippen LogP contribution is -2.40. The molecule has 1 rings (SSSR count). The van der Waals surface area contributed by atoms with Crippen LogP contribution in [0.3, 0.4) is 0 Å². The molecule has 4 heteroatoms. The number of nitrogens with zero attached hydrogens (tertiary/aromatic N) is 1. The number of piperidine rings is 1. The Bertz CT molecular complexity index is 298. The molecule has 0 N–H and O–H groups in total. The standard InChI is InChI=1S/C12H17NO3/c1-3-4-5-11(14)13-8-6-10(7-9-13)12(15)16-2/h1,10H,4-9H2,2H3. The molecule has 1 amide bonds. The number of methoxy groups -OCH3 is 1. The second kappa shape index (κ2) is 6.16. The van der Waals surface area contributed by atoms with Gasteiger partial charge in [-0.15, -0.1) is 12.3 Å². The number of hydrogen-bond acceptors (Lipinski definition) is 3. The van der Waals surface area contributed by atoms with Gasteiger partial charge in [0.15, 0.2) is 0 Å². The Kier molecular flexibility index (Phi) is 4.84. The number of amides is 1. The van der Waals surface area contributed by atoms with Crippen molar-refractivity contribution in [1.29, 1.82) is 0 Å². The van der Waals surface area contributed by atoms with Crippen molar-refractivity contribution in [2.24, 2.45) is 5.92 Å². The molecule has 0 aromatic carbocycles. The average Bonchev–Trinajstić information content (AvgIpc) is 2.35. The highest BCUT2D eigenvalue weighted by molar-refractivity contribution is 5.77. The lowest BCUT2D eigenvalue weighted by Gasteiger charge is -2.30. The zero-order chi connectivity index (χ0) is 12.0. The number of likely N-dealkylation sites (tertiary alicyclic amines) is 1. The van der Waals surface area contributed by atoms with Crippen molar-refractivity contribution in [3.63, 3.8) is 0 Å². The van der Waals surface area contributed by atoms with Gasteiger partial charge in [0, 0.05) is 25.9 Å². The molecule has 0 bridgehead atoms. The maximum atomic E-state index is 11.6. The molecule has 0 unspecified atom stereocenters. The second-order valence-corrected chi connectivity index (χ2v) is 3.88. The molecule has 0 aromatic rings. The summed E-state index contributed by atoms with van der Waals surface area (Å²) in [5.41, 5.74) is 0. The Morgan fingerprint density at radius 2 is 2.06 bits per heavy atom. The molecule has 1 saturated heterocycles. The third-order valence-electron chi connectivity index (χ3n) is 2.87. The fourth-order valence-electron chi connectivity index (χ4n) is 1.87. The zero-order valence-corrected chi connectivity index (χ0v) is 9.57. The van der Waals surface area contributed by atoms with Crippen molar-refractivity contribution < 1.29 is 14.3 Å². The van der Waals surface area contributed by atoms with Crippen molar-refractivity contribution in [3.8, 4) is 12.3 Å². The third-order valence-corrected chi connectivity index (χ3v) is 2.87. The van der Waals surface area contributed by atoms with Crippen LogP contribution in [0.5, 0.6) is 0 Å². The second-order valence-electron chi connectivity index (χ2n) is 3.88. The smallest absolute Gasteiger partial charge is 0.308 e. The Morgan fingerprint density at radius 3 is 2.56 bits per heavy atom. The van der Waals surface area contributed by atoms with E-state index in [-0.39, 0.29) is 17.8 Å². The molecule has 1 heterocycles. The number of esters is 1. The van der Waals surface area contributed by atoms with Crippen LogP contribution in [-0.4, -0.2) is 37.0 Å². The average molecular weight is 223 g/mol. The fourth-order valence-corrected chi connectivity index (χ4v) is 1.87. The van der Waals surface area contributed by atoms with Gasteiger partial charge in [0.2, 0.25) is 5.91 Å². The lowest BCUT2D eigenvalue weighted by molar-refractivity contribution is -0.148. The summed E-state index contributed by atoms with van der Waals surface area (Å²) in [5, 5.41) is 0. The topological polar surface area (TPSA) is 46.6 Å². The first-order valence-corrected chi connectivity index (χ1v) is 5.48. The van der Waals surface area contributed by atoms with E-state index < -0.39 is 0 Å². The lowest BCUT2D eigenvalue weighted by atomic mass is 9.97. The van der Waals surface area contributed by atoms with Crippen LogP contribution in [0.15, 0.2) is 0 Å². The SMILES string of the molecule is C#CCCC(=O)N1CCC(C(=O)OC)CC1. The summed E-state index contributed by atoms with van der Waals surface area (Å²) in [6.45, 7) is 1.26. The van der Waals surface area contributed by atoms with Crippen LogP contribution in [0.4, 0.5) is 0 Å². The summed E-state index contributed by atoms with van der Waals surface area (Å²) >= 11 is 0. The summed E-state index contributed by atoms with van der Waals surface area (Å²) in [5.74, 6) is 2.31. The Balaban J connectivity index is 2.34. The van der Waals surface area contributed by atoms with Crippen LogP contribution in [-0.2, 0) is 14.3 Å². The summed E-state index contributed by atoms with van der Waals surface area (Å²) < 4.78 is 4.68. The number of hydrogen-bond donors (Lipinski definition) is 0. The van der Waals surface area contributed by atoms with E-state index in [1.807, 2.05) is 0 Å². The largest absolute Gasteiger partial charge is 0.469 e. The highest BCUT2D eigenvalue weighted by Crippen LogP contribution is 2.19. The van der Waals surface area contributed by atoms with Crippen molar-refractivity contribution in [2.45, 2.75) is 25.7 Å². The number of ether oxygens (including phenoxy) is 1. The molecular weight excluding hydrogens is 206 g/mol. The summed E-state index contributed by atoms with van der Waals surface area (Å²) in [6, 6.07) is 0. The van der Waals surface area contributed by atoms with Gasteiger partial charge >= 0.3 is 5.97 Å². The van der Waals surface area contributed by atoms with Gasteiger partial charge in [0.25, 0.3) is 0 Å². The van der Waals surface area contributed by atoms with E-state index in [1.54, 1.807) is 4.90 Å². The van der Waals surface area contributed by atoms with Crippen LogP contribution < -0.4 is 0 Å². The van der Waals surface area contributed by atoms with Crippen LogP contribution in [0.2, 0.25) is 0 Å². The molecule has 1 aliphatic heterocycles. The Hall–Kier alpha value is -1.50. The van der Waals surface area contributed by atoms with Crippen LogP contribution in [0, 0.1) is 18.3 Å². The number of carbonyl (C=O) groups excluding carboxylic acids is 2. The molecule has 88 valence electrons. The van der Waals surface area contributed by atoms with Crippen molar-refractivity contribution >= 4 is 11.9 Å². The van der Waals surface area contributed by atoms with E-state index in [1.165, 1.54) is 7.11 Å². The van der Waals surface area contributed by atoms with E-state index in [9.17, 15) is 9.59 Å².